The van der Waals surface area contributed by atoms with E-state index in [1.165, 1.54) is 24.1 Å². The molecule has 4 aliphatic rings. The number of phenolic OH excluding ortho intramolecular Hbond substituents is 1. The predicted molar refractivity (Wildman–Crippen MR) is 116 cm³/mol. The lowest BCUT2D eigenvalue weighted by Crippen LogP contribution is -2.60. The van der Waals surface area contributed by atoms with Crippen molar-refractivity contribution in [3.8, 4) is 5.75 Å². The van der Waals surface area contributed by atoms with Gasteiger partial charge in [-0.25, -0.2) is 4.39 Å². The fourth-order valence-electron chi connectivity index (χ4n) is 6.23. The molecule has 2 saturated heterocycles. The van der Waals surface area contributed by atoms with Crippen LogP contribution >= 0.6 is 23.2 Å². The van der Waals surface area contributed by atoms with Gasteiger partial charge < -0.3 is 5.11 Å². The molecule has 1 N–H and O–H groups in total. The first-order chi connectivity index (χ1) is 15.5. The maximum Gasteiger partial charge on any atom is 0.253 e. The summed E-state index contributed by atoms with van der Waals surface area (Å²) in [6.45, 7) is 1.92. The highest BCUT2D eigenvalue weighted by atomic mass is 35.5. The zero-order valence-corrected chi connectivity index (χ0v) is 19.4. The average molecular weight is 495 g/mol. The molecule has 3 fully saturated rings. The van der Waals surface area contributed by atoms with E-state index in [2.05, 4.69) is 0 Å². The summed E-state index contributed by atoms with van der Waals surface area (Å²) in [4.78, 5) is 50.6. The van der Waals surface area contributed by atoms with E-state index in [4.69, 9.17) is 23.2 Å². The first kappa shape index (κ1) is 22.3. The Balaban J connectivity index is 1.77. The lowest BCUT2D eigenvalue weighted by molar-refractivity contribution is -0.141. The van der Waals surface area contributed by atoms with Crippen molar-refractivity contribution in [1.82, 2.24) is 9.80 Å². The lowest BCUT2D eigenvalue weighted by atomic mass is 9.56. The van der Waals surface area contributed by atoms with E-state index in [1.54, 1.807) is 13.0 Å². The lowest BCUT2D eigenvalue weighted by Gasteiger charge is -2.50. The van der Waals surface area contributed by atoms with Gasteiger partial charge in [-0.05, 0) is 31.7 Å². The number of carbonyl (C=O) groups excluding carboxylic acids is 4. The molecular formula is C23H21Cl2FN2O5. The smallest absolute Gasteiger partial charge is 0.253 e. The number of hydrogen-bond acceptors (Lipinski definition) is 5. The van der Waals surface area contributed by atoms with E-state index in [0.717, 1.165) is 11.0 Å². The van der Waals surface area contributed by atoms with Gasteiger partial charge in [0.05, 0.1) is 11.8 Å². The number of para-hydroxylation sites is 1. The van der Waals surface area contributed by atoms with Crippen LogP contribution in [0.15, 0.2) is 29.8 Å². The van der Waals surface area contributed by atoms with Gasteiger partial charge in [0.25, 0.3) is 11.8 Å². The standard InChI is InChI=1S/C23H21Cl2FN2O5/c1-3-28-18(30)11-8-7-10-13(15(11)19(28)31)9-22(24)20(32)27(2)21(33)23(22,25)16(10)12-5-4-6-14(26)17(12)29/h4-7,11,13,15-16,29H,3,8-9H2,1-2H3. The van der Waals surface area contributed by atoms with Crippen molar-refractivity contribution >= 4 is 46.8 Å². The van der Waals surface area contributed by atoms with Crippen LogP contribution in [0, 0.1) is 23.6 Å². The molecule has 0 spiro atoms. The molecular weight excluding hydrogens is 474 g/mol. The molecule has 33 heavy (non-hydrogen) atoms. The molecule has 6 unspecified atom stereocenters. The molecule has 174 valence electrons. The van der Waals surface area contributed by atoms with Crippen LogP contribution in [0.2, 0.25) is 0 Å². The van der Waals surface area contributed by atoms with E-state index >= 15 is 0 Å². The monoisotopic (exact) mass is 494 g/mol. The Hall–Kier alpha value is -2.45. The molecule has 4 amide bonds. The highest BCUT2D eigenvalue weighted by Crippen LogP contribution is 2.65. The molecule has 10 heteroatoms. The minimum atomic E-state index is -2.04. The number of carbonyl (C=O) groups is 4. The zero-order valence-electron chi connectivity index (χ0n) is 17.8. The third-order valence-corrected chi connectivity index (χ3v) is 9.16. The van der Waals surface area contributed by atoms with Crippen molar-refractivity contribution in [2.45, 2.75) is 35.4 Å². The summed E-state index contributed by atoms with van der Waals surface area (Å²) < 4.78 is 14.4. The van der Waals surface area contributed by atoms with Gasteiger partial charge in [-0.2, -0.15) is 0 Å². The van der Waals surface area contributed by atoms with Crippen molar-refractivity contribution in [3.05, 3.63) is 41.2 Å². The number of benzene rings is 1. The van der Waals surface area contributed by atoms with Crippen molar-refractivity contribution in [2.75, 3.05) is 13.6 Å². The normalized spacial score (nSPS) is 37.8. The van der Waals surface area contributed by atoms with Crippen LogP contribution in [0.5, 0.6) is 5.75 Å². The number of alkyl halides is 2. The molecule has 2 aliphatic heterocycles. The van der Waals surface area contributed by atoms with Gasteiger partial charge in [0.2, 0.25) is 11.8 Å². The molecule has 1 aromatic carbocycles. The molecule has 1 aromatic rings. The van der Waals surface area contributed by atoms with E-state index in [9.17, 15) is 28.7 Å². The van der Waals surface area contributed by atoms with Gasteiger partial charge in [0.1, 0.15) is 0 Å². The second kappa shape index (κ2) is 7.03. The van der Waals surface area contributed by atoms with E-state index in [-0.39, 0.29) is 36.8 Å². The van der Waals surface area contributed by atoms with Gasteiger partial charge in [-0.1, -0.05) is 23.8 Å². The Labute approximate surface area is 199 Å². The highest BCUT2D eigenvalue weighted by molar-refractivity contribution is 6.53. The first-order valence-electron chi connectivity index (χ1n) is 10.7. The molecule has 2 aliphatic carbocycles. The number of rotatable bonds is 2. The van der Waals surface area contributed by atoms with Crippen molar-refractivity contribution in [1.29, 1.82) is 0 Å². The molecule has 7 nitrogen and oxygen atoms in total. The number of imide groups is 2. The molecule has 0 bridgehead atoms. The van der Waals surface area contributed by atoms with Crippen LogP contribution < -0.4 is 0 Å². The number of amides is 4. The Morgan fingerprint density at radius 2 is 1.82 bits per heavy atom. The second-order valence-corrected chi connectivity index (χ2v) is 10.3. The highest BCUT2D eigenvalue weighted by Gasteiger charge is 2.76. The minimum absolute atomic E-state index is 0.00463. The van der Waals surface area contributed by atoms with Gasteiger partial charge >= 0.3 is 0 Å². The molecule has 0 radical (unpaired) electrons. The third kappa shape index (κ3) is 2.51. The maximum absolute atomic E-state index is 14.4. The molecule has 0 aromatic heterocycles. The van der Waals surface area contributed by atoms with Crippen LogP contribution in [0.4, 0.5) is 4.39 Å². The number of aromatic hydroxyl groups is 1. The SMILES string of the molecule is CCN1C(=O)C2CC=C3C(CC4(Cl)C(=O)N(C)C(=O)C4(Cl)C3c3cccc(F)c3O)C2C1=O. The number of phenols is 1. The Kier molecular flexibility index (Phi) is 4.76. The summed E-state index contributed by atoms with van der Waals surface area (Å²) in [5.41, 5.74) is 0.518. The van der Waals surface area contributed by atoms with Gasteiger partial charge in [-0.3, -0.25) is 29.0 Å². The molecule has 1 saturated carbocycles. The first-order valence-corrected chi connectivity index (χ1v) is 11.5. The van der Waals surface area contributed by atoms with Crippen molar-refractivity contribution < 1.29 is 28.7 Å². The Morgan fingerprint density at radius 3 is 2.48 bits per heavy atom. The van der Waals surface area contributed by atoms with Gasteiger partial charge in [-0.15, -0.1) is 23.2 Å². The minimum Gasteiger partial charge on any atom is -0.505 e. The maximum atomic E-state index is 14.4. The number of allylic oxidation sites excluding steroid dienone is 2. The van der Waals surface area contributed by atoms with Crippen molar-refractivity contribution in [2.24, 2.45) is 17.8 Å². The summed E-state index contributed by atoms with van der Waals surface area (Å²) in [6.07, 6.45) is 1.83. The summed E-state index contributed by atoms with van der Waals surface area (Å²) >= 11 is 13.9. The summed E-state index contributed by atoms with van der Waals surface area (Å²) in [5.74, 6) is -7.00. The fraction of sp³-hybridized carbons (Fsp3) is 0.478. The van der Waals surface area contributed by atoms with E-state index in [0.29, 0.717) is 5.57 Å². The summed E-state index contributed by atoms with van der Waals surface area (Å²) in [6, 6.07) is 3.85. The fourth-order valence-corrected chi connectivity index (χ4v) is 7.24. The molecule has 6 atom stereocenters. The quantitative estimate of drug-likeness (QED) is 0.387. The van der Waals surface area contributed by atoms with Gasteiger partial charge in [0, 0.05) is 25.1 Å². The van der Waals surface area contributed by atoms with Crippen LogP contribution in [0.3, 0.4) is 0 Å². The topological polar surface area (TPSA) is 95.0 Å². The van der Waals surface area contributed by atoms with Crippen LogP contribution in [-0.2, 0) is 19.2 Å². The van der Waals surface area contributed by atoms with E-state index < -0.39 is 56.8 Å². The van der Waals surface area contributed by atoms with Gasteiger partial charge in [0.15, 0.2) is 21.3 Å². The number of likely N-dealkylation sites (tertiary alicyclic amines) is 2. The van der Waals surface area contributed by atoms with Crippen LogP contribution in [-0.4, -0.2) is 61.9 Å². The Bertz CT molecular complexity index is 1170. The third-order valence-electron chi connectivity index (χ3n) is 7.75. The Morgan fingerprint density at radius 1 is 1.12 bits per heavy atom. The zero-order chi connectivity index (χ0) is 24.0. The number of nitrogens with zero attached hydrogens (tertiary/aromatic N) is 2. The second-order valence-electron chi connectivity index (χ2n) is 9.10. The number of halogens is 3. The molecule has 5 rings (SSSR count). The van der Waals surface area contributed by atoms with E-state index in [1.807, 2.05) is 0 Å². The number of fused-ring (bicyclic) bond motifs is 4. The number of hydrogen-bond donors (Lipinski definition) is 1. The van der Waals surface area contributed by atoms with Crippen LogP contribution in [0.25, 0.3) is 0 Å². The summed E-state index contributed by atoms with van der Waals surface area (Å²) in [7, 11) is 1.27. The largest absolute Gasteiger partial charge is 0.505 e. The average Bonchev–Trinajstić information content (AvgIpc) is 3.11. The van der Waals surface area contributed by atoms with Crippen LogP contribution in [0.1, 0.15) is 31.2 Å². The van der Waals surface area contributed by atoms with Crippen molar-refractivity contribution in [3.63, 3.8) is 0 Å². The summed E-state index contributed by atoms with van der Waals surface area (Å²) in [5, 5.41) is 10.6. The molecule has 2 heterocycles. The predicted octanol–water partition coefficient (Wildman–Crippen LogP) is 2.54.